The fourth-order valence-corrected chi connectivity index (χ4v) is 7.14. The van der Waals surface area contributed by atoms with E-state index in [0.717, 1.165) is 38.8 Å². The first-order valence-electron chi connectivity index (χ1n) is 17.6. The van der Waals surface area contributed by atoms with E-state index in [0.29, 0.717) is 67.2 Å². The molecule has 3 aliphatic rings. The monoisotopic (exact) mass is 797 g/mol. The second-order valence-corrected chi connectivity index (χ2v) is 16.4. The zero-order chi connectivity index (χ0) is 37.5. The molecule has 1 aliphatic heterocycles. The maximum atomic E-state index is 13.9. The van der Waals surface area contributed by atoms with Gasteiger partial charge in [0.1, 0.15) is 11.9 Å². The summed E-state index contributed by atoms with van der Waals surface area (Å²) in [6.45, 7) is 1.23. The van der Waals surface area contributed by atoms with Gasteiger partial charge >= 0.3 is 12.6 Å². The van der Waals surface area contributed by atoms with Crippen molar-refractivity contribution in [1.82, 2.24) is 14.2 Å². The molecular weight excluding hydrogens is 755 g/mol. The minimum Gasteiger partial charge on any atom is -0.493 e. The van der Waals surface area contributed by atoms with Crippen LogP contribution in [0.2, 0.25) is 10.0 Å². The summed E-state index contributed by atoms with van der Waals surface area (Å²) in [5, 5.41) is 0.510. The lowest BCUT2D eigenvalue weighted by molar-refractivity contribution is -0.0515. The van der Waals surface area contributed by atoms with Gasteiger partial charge in [-0.15, -0.1) is 0 Å². The summed E-state index contributed by atoms with van der Waals surface area (Å²) in [5.74, 6) is 0.336. The molecule has 11 nitrogen and oxygen atoms in total. The van der Waals surface area contributed by atoms with E-state index in [1.165, 1.54) is 41.2 Å². The molecule has 1 aromatic heterocycles. The molecule has 53 heavy (non-hydrogen) atoms. The fourth-order valence-electron chi connectivity index (χ4n) is 5.83. The average molecular weight is 799 g/mol. The Hall–Kier alpha value is -3.27. The molecule has 2 aliphatic carbocycles. The molecule has 2 aromatic carbocycles. The number of halogens is 4. The first-order chi connectivity index (χ1) is 25.4. The van der Waals surface area contributed by atoms with Crippen molar-refractivity contribution < 1.29 is 45.7 Å². The Kier molecular flexibility index (Phi) is 13.3. The van der Waals surface area contributed by atoms with Gasteiger partial charge in [-0.1, -0.05) is 35.3 Å². The normalized spacial score (nSPS) is 17.2. The molecule has 2 saturated carbocycles. The van der Waals surface area contributed by atoms with E-state index in [1.54, 1.807) is 18.2 Å². The van der Waals surface area contributed by atoms with Crippen molar-refractivity contribution in [2.45, 2.75) is 51.4 Å². The number of morpholine rings is 1. The van der Waals surface area contributed by atoms with Crippen LogP contribution in [0.1, 0.15) is 58.8 Å². The molecule has 0 amide bonds. The number of esters is 1. The van der Waals surface area contributed by atoms with E-state index in [1.807, 2.05) is 0 Å². The van der Waals surface area contributed by atoms with Crippen LogP contribution in [-0.4, -0.2) is 94.1 Å². The van der Waals surface area contributed by atoms with E-state index in [-0.39, 0.29) is 46.6 Å². The third-order valence-electron chi connectivity index (χ3n) is 9.38. The van der Waals surface area contributed by atoms with E-state index < -0.39 is 28.7 Å². The minimum absolute atomic E-state index is 0.0264. The van der Waals surface area contributed by atoms with Gasteiger partial charge in [0.25, 0.3) is 0 Å². The molecule has 1 saturated heterocycles. The molecule has 6 rings (SSSR count). The van der Waals surface area contributed by atoms with Crippen LogP contribution in [0.5, 0.6) is 17.2 Å². The quantitative estimate of drug-likeness (QED) is 0.120. The lowest BCUT2D eigenvalue weighted by Gasteiger charge is -2.29. The number of benzene rings is 2. The van der Waals surface area contributed by atoms with Gasteiger partial charge < -0.3 is 23.7 Å². The number of hydrogen-bond donors (Lipinski definition) is 0. The van der Waals surface area contributed by atoms with Gasteiger partial charge in [-0.05, 0) is 72.9 Å². The number of carbonyl (C=O) groups excluding carboxylic acids is 1. The van der Waals surface area contributed by atoms with Gasteiger partial charge in [-0.3, -0.25) is 9.88 Å². The number of pyridine rings is 1. The highest BCUT2D eigenvalue weighted by Crippen LogP contribution is 2.38. The third kappa shape index (κ3) is 11.6. The molecule has 3 aromatic rings. The Balaban J connectivity index is 1.27. The highest BCUT2D eigenvalue weighted by molar-refractivity contribution is 7.88. The molecular formula is C37H43Cl2F2N3O8S. The molecule has 2 heterocycles. The summed E-state index contributed by atoms with van der Waals surface area (Å²) in [6, 6.07) is 9.20. The summed E-state index contributed by atoms with van der Waals surface area (Å²) in [7, 11) is -3.59. The lowest BCUT2D eigenvalue weighted by atomic mass is 10.0. The van der Waals surface area contributed by atoms with Crippen molar-refractivity contribution in [1.29, 1.82) is 0 Å². The molecule has 0 spiro atoms. The fraction of sp³-hybridized carbons (Fsp3) is 0.514. The average Bonchev–Trinajstić information content (AvgIpc) is 4.06. The van der Waals surface area contributed by atoms with E-state index in [9.17, 15) is 22.0 Å². The summed E-state index contributed by atoms with van der Waals surface area (Å²) in [6.07, 6.45) is 7.08. The van der Waals surface area contributed by atoms with Crippen molar-refractivity contribution in [2.75, 3.05) is 58.9 Å². The predicted molar refractivity (Wildman–Crippen MR) is 195 cm³/mol. The van der Waals surface area contributed by atoms with E-state index >= 15 is 0 Å². The van der Waals surface area contributed by atoms with E-state index in [4.69, 9.17) is 46.9 Å². The van der Waals surface area contributed by atoms with Crippen LogP contribution in [0, 0.1) is 11.8 Å². The molecule has 288 valence electrons. The number of nitrogens with zero attached hydrogens (tertiary/aromatic N) is 3. The van der Waals surface area contributed by atoms with Crippen molar-refractivity contribution in [2.24, 2.45) is 11.8 Å². The second-order valence-electron chi connectivity index (χ2n) is 13.6. The van der Waals surface area contributed by atoms with Crippen molar-refractivity contribution in [3.8, 4) is 17.2 Å². The maximum absolute atomic E-state index is 13.9. The molecule has 1 atom stereocenters. The molecule has 0 bridgehead atoms. The van der Waals surface area contributed by atoms with Crippen LogP contribution in [0.25, 0.3) is 0 Å². The Labute approximate surface area is 318 Å². The largest absolute Gasteiger partial charge is 0.493 e. The van der Waals surface area contributed by atoms with Crippen molar-refractivity contribution >= 4 is 39.2 Å². The number of sulfonamides is 1. The van der Waals surface area contributed by atoms with Crippen LogP contribution in [-0.2, 0) is 32.5 Å². The summed E-state index contributed by atoms with van der Waals surface area (Å²) in [5.41, 5.74) is 1.67. The molecule has 3 fully saturated rings. The third-order valence-corrected chi connectivity index (χ3v) is 11.3. The van der Waals surface area contributed by atoms with Crippen LogP contribution < -0.4 is 14.2 Å². The zero-order valence-corrected chi connectivity index (χ0v) is 31.7. The Morgan fingerprint density at radius 3 is 2.25 bits per heavy atom. The van der Waals surface area contributed by atoms with Gasteiger partial charge in [0.15, 0.2) is 11.5 Å². The summed E-state index contributed by atoms with van der Waals surface area (Å²) < 4.78 is 82.1. The number of rotatable bonds is 19. The highest BCUT2D eigenvalue weighted by atomic mass is 35.5. The standard InChI is InChI=1S/C37H43Cl2F2N3O8S/c1-53(46,47)44(11-10-43-12-14-48-15-13-43)21-28-7-6-27(17-33(28)49-22-24-2-3-24)36(45)51-34(18-29-30(38)19-42-20-31(29)39)26-8-9-32(52-37(40)41)35(16-26)50-23-25-4-5-25/h6-9,16-17,19-20,24-25,34,37H,2-5,10-15,18,21-23H2,1H3. The second kappa shape index (κ2) is 17.9. The van der Waals surface area contributed by atoms with Gasteiger partial charge in [0.2, 0.25) is 10.0 Å². The predicted octanol–water partition coefficient (Wildman–Crippen LogP) is 6.80. The SMILES string of the molecule is CS(=O)(=O)N(CCN1CCOCC1)Cc1ccc(C(=O)OC(Cc2c(Cl)cncc2Cl)c2ccc(OC(F)F)c(OCC3CC3)c2)cc1OCC1CC1. The van der Waals surface area contributed by atoms with Crippen molar-refractivity contribution in [3.05, 3.63) is 81.1 Å². The number of hydrogen-bond acceptors (Lipinski definition) is 10. The Morgan fingerprint density at radius 2 is 1.62 bits per heavy atom. The minimum atomic E-state index is -3.59. The maximum Gasteiger partial charge on any atom is 0.387 e. The van der Waals surface area contributed by atoms with Crippen LogP contribution in [0.4, 0.5) is 8.78 Å². The Morgan fingerprint density at radius 1 is 0.962 bits per heavy atom. The Bertz CT molecular complexity index is 1820. The molecule has 0 radical (unpaired) electrons. The highest BCUT2D eigenvalue weighted by Gasteiger charge is 2.28. The summed E-state index contributed by atoms with van der Waals surface area (Å²) >= 11 is 13.0. The van der Waals surface area contributed by atoms with Gasteiger partial charge in [0.05, 0.1) is 48.3 Å². The molecule has 0 N–H and O–H groups in total. The zero-order valence-electron chi connectivity index (χ0n) is 29.4. The number of ether oxygens (including phenoxy) is 5. The first kappa shape index (κ1) is 39.4. The smallest absolute Gasteiger partial charge is 0.387 e. The van der Waals surface area contributed by atoms with Crippen molar-refractivity contribution in [3.63, 3.8) is 0 Å². The van der Waals surface area contributed by atoms with Crippen LogP contribution >= 0.6 is 23.2 Å². The number of aromatic nitrogens is 1. The van der Waals surface area contributed by atoms with E-state index in [2.05, 4.69) is 9.88 Å². The molecule has 16 heteroatoms. The van der Waals surface area contributed by atoms with Crippen LogP contribution in [0.15, 0.2) is 48.8 Å². The lowest BCUT2D eigenvalue weighted by Crippen LogP contribution is -2.42. The van der Waals surface area contributed by atoms with Gasteiger partial charge in [0, 0.05) is 57.1 Å². The van der Waals surface area contributed by atoms with Crippen LogP contribution in [0.3, 0.4) is 0 Å². The summed E-state index contributed by atoms with van der Waals surface area (Å²) in [4.78, 5) is 20.1. The van der Waals surface area contributed by atoms with Gasteiger partial charge in [-0.2, -0.15) is 13.1 Å². The van der Waals surface area contributed by atoms with Gasteiger partial charge in [-0.25, -0.2) is 13.2 Å². The topological polar surface area (TPSA) is 117 Å². The number of alkyl halides is 2. The first-order valence-corrected chi connectivity index (χ1v) is 20.2. The number of carbonyl (C=O) groups is 1. The molecule has 1 unspecified atom stereocenters.